The Hall–Kier alpha value is -1.68. The van der Waals surface area contributed by atoms with Gasteiger partial charge in [0.25, 0.3) is 0 Å². The maximum absolute atomic E-state index is 13.7. The lowest BCUT2D eigenvalue weighted by Crippen LogP contribution is -2.23. The highest BCUT2D eigenvalue weighted by Gasteiger charge is 2.21. The SMILES string of the molecule is OC1CCn2c(cnc2-c2ccccc2F)C1. The Kier molecular flexibility index (Phi) is 2.44. The number of hydrogen-bond donors (Lipinski definition) is 1. The summed E-state index contributed by atoms with van der Waals surface area (Å²) in [5.41, 5.74) is 1.50. The number of aromatic nitrogens is 2. The molecule has 1 N–H and O–H groups in total. The van der Waals surface area contributed by atoms with Gasteiger partial charge in [0, 0.05) is 24.9 Å². The molecule has 0 saturated heterocycles. The van der Waals surface area contributed by atoms with E-state index in [0.29, 0.717) is 30.8 Å². The van der Waals surface area contributed by atoms with Crippen LogP contribution >= 0.6 is 0 Å². The van der Waals surface area contributed by atoms with Gasteiger partial charge in [0.2, 0.25) is 0 Å². The van der Waals surface area contributed by atoms with Crippen molar-refractivity contribution in [3.8, 4) is 11.4 Å². The van der Waals surface area contributed by atoms with Crippen LogP contribution in [-0.4, -0.2) is 20.8 Å². The monoisotopic (exact) mass is 232 g/mol. The zero-order valence-corrected chi connectivity index (χ0v) is 9.31. The van der Waals surface area contributed by atoms with Gasteiger partial charge in [-0.15, -0.1) is 0 Å². The number of aliphatic hydroxyl groups is 1. The van der Waals surface area contributed by atoms with Crippen molar-refractivity contribution in [2.75, 3.05) is 0 Å². The molecular formula is C13H13FN2O. The summed E-state index contributed by atoms with van der Waals surface area (Å²) in [6, 6.07) is 6.64. The minimum Gasteiger partial charge on any atom is -0.393 e. The number of hydrogen-bond acceptors (Lipinski definition) is 2. The molecule has 0 radical (unpaired) electrons. The predicted molar refractivity (Wildman–Crippen MR) is 61.9 cm³/mol. The van der Waals surface area contributed by atoms with E-state index in [-0.39, 0.29) is 11.9 Å². The fourth-order valence-electron chi connectivity index (χ4n) is 2.30. The van der Waals surface area contributed by atoms with Crippen LogP contribution in [-0.2, 0) is 13.0 Å². The molecule has 17 heavy (non-hydrogen) atoms. The molecule has 3 nitrogen and oxygen atoms in total. The van der Waals surface area contributed by atoms with Crippen LogP contribution < -0.4 is 0 Å². The molecule has 4 heteroatoms. The number of rotatable bonds is 1. The second-order valence-corrected chi connectivity index (χ2v) is 4.35. The van der Waals surface area contributed by atoms with Crippen LogP contribution in [0.1, 0.15) is 12.1 Å². The standard InChI is InChI=1S/C13H13FN2O/c14-12-4-2-1-3-11(12)13-15-8-9-7-10(17)5-6-16(9)13/h1-4,8,10,17H,5-7H2. The minimum absolute atomic E-state index is 0.257. The Balaban J connectivity index is 2.09. The average molecular weight is 232 g/mol. The van der Waals surface area contributed by atoms with Gasteiger partial charge in [-0.25, -0.2) is 9.37 Å². The van der Waals surface area contributed by atoms with E-state index in [0.717, 1.165) is 5.69 Å². The molecule has 1 aromatic carbocycles. The zero-order chi connectivity index (χ0) is 11.8. The van der Waals surface area contributed by atoms with Gasteiger partial charge in [0.05, 0.1) is 11.7 Å². The van der Waals surface area contributed by atoms with Crippen molar-refractivity contribution in [3.05, 3.63) is 42.0 Å². The maximum atomic E-state index is 13.7. The van der Waals surface area contributed by atoms with Gasteiger partial charge in [-0.3, -0.25) is 0 Å². The molecule has 1 atom stereocenters. The van der Waals surface area contributed by atoms with E-state index < -0.39 is 0 Å². The number of nitrogens with zero attached hydrogens (tertiary/aromatic N) is 2. The number of halogens is 1. The van der Waals surface area contributed by atoms with Crippen molar-refractivity contribution < 1.29 is 9.50 Å². The van der Waals surface area contributed by atoms with E-state index in [1.807, 2.05) is 4.57 Å². The quantitative estimate of drug-likeness (QED) is 0.816. The van der Waals surface area contributed by atoms with Crippen molar-refractivity contribution in [1.82, 2.24) is 9.55 Å². The second kappa shape index (κ2) is 3.96. The molecule has 1 aromatic heterocycles. The summed E-state index contributed by atoms with van der Waals surface area (Å²) in [7, 11) is 0. The van der Waals surface area contributed by atoms with E-state index in [4.69, 9.17) is 0 Å². The van der Waals surface area contributed by atoms with Gasteiger partial charge < -0.3 is 9.67 Å². The van der Waals surface area contributed by atoms with Gasteiger partial charge >= 0.3 is 0 Å². The molecule has 0 aliphatic carbocycles. The van der Waals surface area contributed by atoms with Gasteiger partial charge in [-0.2, -0.15) is 0 Å². The fraction of sp³-hybridized carbons (Fsp3) is 0.308. The highest BCUT2D eigenvalue weighted by Crippen LogP contribution is 2.26. The van der Waals surface area contributed by atoms with E-state index in [1.165, 1.54) is 6.07 Å². The van der Waals surface area contributed by atoms with E-state index in [2.05, 4.69) is 4.98 Å². The van der Waals surface area contributed by atoms with Gasteiger partial charge in [0.15, 0.2) is 0 Å². The Morgan fingerprint density at radius 1 is 1.35 bits per heavy atom. The third-order valence-corrected chi connectivity index (χ3v) is 3.18. The largest absolute Gasteiger partial charge is 0.393 e. The topological polar surface area (TPSA) is 38.0 Å². The number of imidazole rings is 1. The van der Waals surface area contributed by atoms with Crippen molar-refractivity contribution in [3.63, 3.8) is 0 Å². The molecule has 2 aromatic rings. The molecule has 0 saturated carbocycles. The minimum atomic E-state index is -0.298. The van der Waals surface area contributed by atoms with E-state index in [1.54, 1.807) is 24.4 Å². The Morgan fingerprint density at radius 2 is 2.18 bits per heavy atom. The average Bonchev–Trinajstić information content (AvgIpc) is 2.72. The summed E-state index contributed by atoms with van der Waals surface area (Å²) in [6.45, 7) is 0.695. The third kappa shape index (κ3) is 1.74. The van der Waals surface area contributed by atoms with Gasteiger partial charge in [-0.1, -0.05) is 12.1 Å². The second-order valence-electron chi connectivity index (χ2n) is 4.35. The van der Waals surface area contributed by atoms with Crippen LogP contribution in [0, 0.1) is 5.82 Å². The van der Waals surface area contributed by atoms with Crippen LogP contribution in [0.2, 0.25) is 0 Å². The Labute approximate surface area is 98.5 Å². The molecule has 0 fully saturated rings. The molecule has 3 rings (SSSR count). The molecule has 0 spiro atoms. The summed E-state index contributed by atoms with van der Waals surface area (Å²) >= 11 is 0. The van der Waals surface area contributed by atoms with Crippen LogP contribution in [0.5, 0.6) is 0 Å². The summed E-state index contributed by atoms with van der Waals surface area (Å²) < 4.78 is 15.7. The van der Waals surface area contributed by atoms with Gasteiger partial charge in [-0.05, 0) is 18.6 Å². The lowest BCUT2D eigenvalue weighted by atomic mass is 10.1. The molecular weight excluding hydrogens is 219 g/mol. The first-order valence-electron chi connectivity index (χ1n) is 5.73. The maximum Gasteiger partial charge on any atom is 0.143 e. The summed E-state index contributed by atoms with van der Waals surface area (Å²) in [5.74, 6) is 0.400. The Morgan fingerprint density at radius 3 is 3.00 bits per heavy atom. The first-order chi connectivity index (χ1) is 8.25. The summed E-state index contributed by atoms with van der Waals surface area (Å²) in [4.78, 5) is 4.28. The first-order valence-corrected chi connectivity index (χ1v) is 5.73. The van der Waals surface area contributed by atoms with Gasteiger partial charge in [0.1, 0.15) is 11.6 Å². The van der Waals surface area contributed by atoms with Crippen molar-refractivity contribution in [1.29, 1.82) is 0 Å². The zero-order valence-electron chi connectivity index (χ0n) is 9.31. The van der Waals surface area contributed by atoms with E-state index >= 15 is 0 Å². The normalized spacial score (nSPS) is 19.1. The summed E-state index contributed by atoms with van der Waals surface area (Å²) in [5, 5.41) is 9.58. The highest BCUT2D eigenvalue weighted by molar-refractivity contribution is 5.57. The summed E-state index contributed by atoms with van der Waals surface area (Å²) in [6.07, 6.45) is 2.73. The highest BCUT2D eigenvalue weighted by atomic mass is 19.1. The van der Waals surface area contributed by atoms with Crippen LogP contribution in [0.25, 0.3) is 11.4 Å². The first kappa shape index (κ1) is 10.5. The lowest BCUT2D eigenvalue weighted by Gasteiger charge is -2.21. The number of benzene rings is 1. The molecule has 0 bridgehead atoms. The number of fused-ring (bicyclic) bond motifs is 1. The van der Waals surface area contributed by atoms with Crippen LogP contribution in [0.3, 0.4) is 0 Å². The lowest BCUT2D eigenvalue weighted by molar-refractivity contribution is 0.144. The third-order valence-electron chi connectivity index (χ3n) is 3.18. The molecule has 1 unspecified atom stereocenters. The van der Waals surface area contributed by atoms with Crippen molar-refractivity contribution >= 4 is 0 Å². The number of aliphatic hydroxyl groups excluding tert-OH is 1. The van der Waals surface area contributed by atoms with E-state index in [9.17, 15) is 9.50 Å². The molecule has 1 aliphatic rings. The Bertz CT molecular complexity index is 550. The molecule has 0 amide bonds. The van der Waals surface area contributed by atoms with Crippen LogP contribution in [0.15, 0.2) is 30.5 Å². The molecule has 88 valence electrons. The van der Waals surface area contributed by atoms with Crippen molar-refractivity contribution in [2.45, 2.75) is 25.5 Å². The predicted octanol–water partition coefficient (Wildman–Crippen LogP) is 2.00. The van der Waals surface area contributed by atoms with Crippen molar-refractivity contribution in [2.24, 2.45) is 0 Å². The smallest absolute Gasteiger partial charge is 0.143 e. The molecule has 1 aliphatic heterocycles. The fourth-order valence-corrected chi connectivity index (χ4v) is 2.30. The molecule has 2 heterocycles. The van der Waals surface area contributed by atoms with Crippen LogP contribution in [0.4, 0.5) is 4.39 Å².